The van der Waals surface area contributed by atoms with Gasteiger partial charge in [-0.15, -0.1) is 0 Å². The largest absolute Gasteiger partial charge is 0.340 e. The van der Waals surface area contributed by atoms with Crippen LogP contribution in [0.2, 0.25) is 0 Å². The van der Waals surface area contributed by atoms with E-state index >= 15 is 0 Å². The summed E-state index contributed by atoms with van der Waals surface area (Å²) in [6.07, 6.45) is 0.582. The quantitative estimate of drug-likeness (QED) is 0.820. The Balaban J connectivity index is 1.92. The first-order chi connectivity index (χ1) is 7.77. The number of carbonyl (C=O) groups is 1. The summed E-state index contributed by atoms with van der Waals surface area (Å²) in [5, 5.41) is 3.01. The molecule has 0 spiro atoms. The molecule has 0 aromatic heterocycles. The van der Waals surface area contributed by atoms with Crippen molar-refractivity contribution in [2.45, 2.75) is 6.42 Å². The Kier molecular flexibility index (Phi) is 3.51. The lowest BCUT2D eigenvalue weighted by Gasteiger charge is -2.27. The number of carbonyl (C=O) groups excluding carboxylic acids is 1. The molecule has 0 aliphatic carbocycles. The van der Waals surface area contributed by atoms with Crippen molar-refractivity contribution in [3.8, 4) is 0 Å². The third-order valence-corrected chi connectivity index (χ3v) is 2.80. The summed E-state index contributed by atoms with van der Waals surface area (Å²) in [6.45, 7) is 2.54. The Labute approximate surface area is 94.3 Å². The normalized spacial score (nSPS) is 16.6. The number of amides is 1. The van der Waals surface area contributed by atoms with Gasteiger partial charge in [-0.1, -0.05) is 18.2 Å². The molecule has 0 radical (unpaired) electrons. The average molecular weight is 222 g/mol. The Morgan fingerprint density at radius 1 is 1.38 bits per heavy atom. The van der Waals surface area contributed by atoms with E-state index < -0.39 is 0 Å². The van der Waals surface area contributed by atoms with Crippen molar-refractivity contribution >= 4 is 5.91 Å². The highest BCUT2D eigenvalue weighted by atomic mass is 19.1. The third-order valence-electron chi connectivity index (χ3n) is 2.80. The highest BCUT2D eigenvalue weighted by Crippen LogP contribution is 2.08. The first kappa shape index (κ1) is 11.1. The van der Waals surface area contributed by atoms with E-state index in [2.05, 4.69) is 5.32 Å². The van der Waals surface area contributed by atoms with Gasteiger partial charge in [0.25, 0.3) is 0 Å². The Morgan fingerprint density at radius 3 is 2.94 bits per heavy atom. The van der Waals surface area contributed by atoms with Gasteiger partial charge in [-0.2, -0.15) is 0 Å². The van der Waals surface area contributed by atoms with Crippen molar-refractivity contribution in [2.75, 3.05) is 26.2 Å². The van der Waals surface area contributed by atoms with Crippen molar-refractivity contribution in [3.63, 3.8) is 0 Å². The third kappa shape index (κ3) is 2.58. The van der Waals surface area contributed by atoms with Gasteiger partial charge >= 0.3 is 0 Å². The van der Waals surface area contributed by atoms with Gasteiger partial charge in [-0.05, 0) is 18.1 Å². The fraction of sp³-hybridized carbons (Fsp3) is 0.417. The lowest BCUT2D eigenvalue weighted by Crippen LogP contribution is -2.48. The first-order valence-electron chi connectivity index (χ1n) is 5.49. The minimum Gasteiger partial charge on any atom is -0.340 e. The average Bonchev–Trinajstić information content (AvgIpc) is 2.30. The van der Waals surface area contributed by atoms with Gasteiger partial charge in [0, 0.05) is 19.6 Å². The van der Waals surface area contributed by atoms with E-state index in [0.29, 0.717) is 31.6 Å². The second-order valence-corrected chi connectivity index (χ2v) is 3.90. The lowest BCUT2D eigenvalue weighted by atomic mass is 10.1. The molecule has 1 heterocycles. The molecular formula is C12H15FN2O. The van der Waals surface area contributed by atoms with Crippen LogP contribution in [-0.4, -0.2) is 37.0 Å². The Bertz CT molecular complexity index is 381. The van der Waals surface area contributed by atoms with Gasteiger partial charge in [0.05, 0.1) is 6.54 Å². The van der Waals surface area contributed by atoms with Gasteiger partial charge in [0.1, 0.15) is 5.82 Å². The maximum atomic E-state index is 13.3. The molecule has 1 aromatic rings. The molecule has 1 amide bonds. The molecule has 86 valence electrons. The summed E-state index contributed by atoms with van der Waals surface area (Å²) in [5.41, 5.74) is 0.675. The van der Waals surface area contributed by atoms with Gasteiger partial charge in [-0.3, -0.25) is 4.79 Å². The van der Waals surface area contributed by atoms with E-state index in [0.717, 1.165) is 6.54 Å². The van der Waals surface area contributed by atoms with Crippen molar-refractivity contribution in [3.05, 3.63) is 35.6 Å². The maximum Gasteiger partial charge on any atom is 0.236 e. The fourth-order valence-corrected chi connectivity index (χ4v) is 1.84. The summed E-state index contributed by atoms with van der Waals surface area (Å²) in [5.74, 6) is -0.0901. The summed E-state index contributed by atoms with van der Waals surface area (Å²) in [7, 11) is 0. The Hall–Kier alpha value is -1.42. The lowest BCUT2D eigenvalue weighted by molar-refractivity contribution is -0.131. The Morgan fingerprint density at radius 2 is 2.19 bits per heavy atom. The highest BCUT2D eigenvalue weighted by molar-refractivity contribution is 5.78. The van der Waals surface area contributed by atoms with Crippen LogP contribution in [0.3, 0.4) is 0 Å². The smallest absolute Gasteiger partial charge is 0.236 e. The second kappa shape index (κ2) is 5.07. The molecule has 1 fully saturated rings. The van der Waals surface area contributed by atoms with Crippen LogP contribution in [0.25, 0.3) is 0 Å². The second-order valence-electron chi connectivity index (χ2n) is 3.90. The summed E-state index contributed by atoms with van der Waals surface area (Å²) in [4.78, 5) is 13.3. The first-order valence-corrected chi connectivity index (χ1v) is 5.49. The maximum absolute atomic E-state index is 13.3. The predicted octanol–water partition coefficient (Wildman–Crippen LogP) is 0.800. The van der Waals surface area contributed by atoms with Crippen LogP contribution in [0.5, 0.6) is 0 Å². The van der Waals surface area contributed by atoms with Crippen LogP contribution in [0.15, 0.2) is 24.3 Å². The van der Waals surface area contributed by atoms with Gasteiger partial charge in [-0.25, -0.2) is 4.39 Å². The zero-order valence-electron chi connectivity index (χ0n) is 9.08. The van der Waals surface area contributed by atoms with E-state index in [1.54, 1.807) is 17.0 Å². The van der Waals surface area contributed by atoms with Gasteiger partial charge in [0.15, 0.2) is 0 Å². The number of nitrogens with zero attached hydrogens (tertiary/aromatic N) is 1. The SMILES string of the molecule is O=C1CNCCN1CCc1ccccc1F. The zero-order valence-corrected chi connectivity index (χ0v) is 9.08. The number of hydrogen-bond donors (Lipinski definition) is 1. The van der Waals surface area contributed by atoms with Crippen molar-refractivity contribution in [1.29, 1.82) is 0 Å². The van der Waals surface area contributed by atoms with E-state index in [1.165, 1.54) is 6.07 Å². The monoisotopic (exact) mass is 222 g/mol. The van der Waals surface area contributed by atoms with Crippen LogP contribution in [0.1, 0.15) is 5.56 Å². The molecule has 0 bridgehead atoms. The number of benzene rings is 1. The van der Waals surface area contributed by atoms with Crippen molar-refractivity contribution in [1.82, 2.24) is 10.2 Å². The molecule has 1 N–H and O–H groups in total. The molecular weight excluding hydrogens is 207 g/mol. The van der Waals surface area contributed by atoms with Gasteiger partial charge in [0.2, 0.25) is 5.91 Å². The number of hydrogen-bond acceptors (Lipinski definition) is 2. The highest BCUT2D eigenvalue weighted by Gasteiger charge is 2.17. The van der Waals surface area contributed by atoms with Crippen molar-refractivity contribution < 1.29 is 9.18 Å². The molecule has 0 atom stereocenters. The van der Waals surface area contributed by atoms with E-state index in [-0.39, 0.29) is 11.7 Å². The number of piperazine rings is 1. The van der Waals surface area contributed by atoms with E-state index in [1.807, 2.05) is 6.07 Å². The number of halogens is 1. The summed E-state index contributed by atoms with van der Waals surface area (Å²) >= 11 is 0. The van der Waals surface area contributed by atoms with Crippen LogP contribution in [0.4, 0.5) is 4.39 Å². The van der Waals surface area contributed by atoms with Crippen LogP contribution in [-0.2, 0) is 11.2 Å². The molecule has 3 nitrogen and oxygen atoms in total. The summed E-state index contributed by atoms with van der Waals surface area (Å²) in [6, 6.07) is 6.71. The van der Waals surface area contributed by atoms with E-state index in [4.69, 9.17) is 0 Å². The molecule has 1 aliphatic heterocycles. The molecule has 1 aliphatic rings. The molecule has 4 heteroatoms. The minimum atomic E-state index is -0.190. The van der Waals surface area contributed by atoms with Crippen LogP contribution >= 0.6 is 0 Å². The fourth-order valence-electron chi connectivity index (χ4n) is 1.84. The molecule has 16 heavy (non-hydrogen) atoms. The molecule has 1 aromatic carbocycles. The zero-order chi connectivity index (χ0) is 11.4. The standard InChI is InChI=1S/C12H15FN2O/c13-11-4-2-1-3-10(11)5-7-15-8-6-14-9-12(15)16/h1-4,14H,5-9H2. The topological polar surface area (TPSA) is 32.3 Å². The van der Waals surface area contributed by atoms with Crippen LogP contribution < -0.4 is 5.32 Å². The summed E-state index contributed by atoms with van der Waals surface area (Å²) < 4.78 is 13.3. The minimum absolute atomic E-state index is 0.0996. The molecule has 1 saturated heterocycles. The van der Waals surface area contributed by atoms with E-state index in [9.17, 15) is 9.18 Å². The van der Waals surface area contributed by atoms with Crippen molar-refractivity contribution in [2.24, 2.45) is 0 Å². The number of nitrogens with one attached hydrogen (secondary N) is 1. The molecule has 0 saturated carbocycles. The molecule has 2 rings (SSSR count). The molecule has 0 unspecified atom stereocenters. The van der Waals surface area contributed by atoms with Gasteiger partial charge < -0.3 is 10.2 Å². The predicted molar refractivity (Wildman–Crippen MR) is 59.6 cm³/mol. The number of rotatable bonds is 3. The van der Waals surface area contributed by atoms with Crippen LogP contribution in [0, 0.1) is 5.82 Å².